The van der Waals surface area contributed by atoms with Gasteiger partial charge >= 0.3 is 5.97 Å². The summed E-state index contributed by atoms with van der Waals surface area (Å²) >= 11 is 0. The largest absolute Gasteiger partial charge is 0.452 e. The van der Waals surface area contributed by atoms with Gasteiger partial charge in [0.05, 0.1) is 16.5 Å². The number of nitro groups is 1. The van der Waals surface area contributed by atoms with Crippen molar-refractivity contribution in [3.05, 3.63) is 69.3 Å². The van der Waals surface area contributed by atoms with Gasteiger partial charge in [0.1, 0.15) is 5.69 Å². The standard InChI is InChI=1S/C19H19N3O5/c20-15-9-8-13(10-17(15)22(25)26)19(24)27-11-18(23)21-16-7-3-5-12-4-1-2-6-14(12)16/h1-2,4,6,8-10,16H,3,5,7,11,20H2,(H,21,23)/t16-/m0/s1. The van der Waals surface area contributed by atoms with Gasteiger partial charge in [-0.25, -0.2) is 4.79 Å². The zero-order valence-corrected chi connectivity index (χ0v) is 14.5. The first kappa shape index (κ1) is 18.4. The van der Waals surface area contributed by atoms with E-state index in [4.69, 9.17) is 10.5 Å². The first-order valence-electron chi connectivity index (χ1n) is 8.54. The van der Waals surface area contributed by atoms with Crippen LogP contribution in [0.4, 0.5) is 11.4 Å². The lowest BCUT2D eigenvalue weighted by molar-refractivity contribution is -0.383. The third-order valence-corrected chi connectivity index (χ3v) is 4.50. The van der Waals surface area contributed by atoms with Crippen LogP contribution in [0.1, 0.15) is 40.4 Å². The number of aryl methyl sites for hydroxylation is 1. The number of amides is 1. The highest BCUT2D eigenvalue weighted by molar-refractivity contribution is 5.92. The first-order valence-corrected chi connectivity index (χ1v) is 8.54. The molecule has 0 heterocycles. The second kappa shape index (κ2) is 7.86. The number of nitrogens with two attached hydrogens (primary N) is 1. The maximum Gasteiger partial charge on any atom is 0.338 e. The lowest BCUT2D eigenvalue weighted by Gasteiger charge is -2.26. The normalized spacial score (nSPS) is 15.5. The molecule has 3 N–H and O–H groups in total. The highest BCUT2D eigenvalue weighted by Gasteiger charge is 2.22. The van der Waals surface area contributed by atoms with Gasteiger partial charge in [0.15, 0.2) is 6.61 Å². The van der Waals surface area contributed by atoms with Crippen LogP contribution in [-0.2, 0) is 16.0 Å². The predicted molar refractivity (Wildman–Crippen MR) is 98.1 cm³/mol. The summed E-state index contributed by atoms with van der Waals surface area (Å²) in [6.07, 6.45) is 2.77. The van der Waals surface area contributed by atoms with Crippen molar-refractivity contribution in [3.63, 3.8) is 0 Å². The molecule has 0 saturated carbocycles. The average molecular weight is 369 g/mol. The van der Waals surface area contributed by atoms with Crippen molar-refractivity contribution in [2.24, 2.45) is 0 Å². The molecule has 2 aromatic carbocycles. The number of anilines is 1. The van der Waals surface area contributed by atoms with Crippen molar-refractivity contribution in [1.82, 2.24) is 5.32 Å². The van der Waals surface area contributed by atoms with Crippen molar-refractivity contribution in [2.45, 2.75) is 25.3 Å². The van der Waals surface area contributed by atoms with Gasteiger partial charge in [-0.05, 0) is 42.5 Å². The van der Waals surface area contributed by atoms with Crippen LogP contribution in [0.5, 0.6) is 0 Å². The third kappa shape index (κ3) is 4.22. The fraction of sp³-hybridized carbons (Fsp3) is 0.263. The molecule has 140 valence electrons. The van der Waals surface area contributed by atoms with Gasteiger partial charge in [-0.2, -0.15) is 0 Å². The van der Waals surface area contributed by atoms with E-state index in [1.54, 1.807) is 0 Å². The van der Waals surface area contributed by atoms with Gasteiger partial charge in [-0.3, -0.25) is 14.9 Å². The van der Waals surface area contributed by atoms with Crippen molar-refractivity contribution < 1.29 is 19.2 Å². The molecule has 3 rings (SSSR count). The minimum absolute atomic E-state index is 0.0355. The molecule has 0 spiro atoms. The Labute approximate surface area is 155 Å². The number of carbonyl (C=O) groups is 2. The van der Waals surface area contributed by atoms with Crippen LogP contribution in [0.2, 0.25) is 0 Å². The van der Waals surface area contributed by atoms with E-state index < -0.39 is 23.4 Å². The zero-order chi connectivity index (χ0) is 19.4. The van der Waals surface area contributed by atoms with Gasteiger partial charge in [0, 0.05) is 6.07 Å². The van der Waals surface area contributed by atoms with Crippen LogP contribution in [-0.4, -0.2) is 23.4 Å². The Hall–Kier alpha value is -3.42. The quantitative estimate of drug-likeness (QED) is 0.361. The molecule has 27 heavy (non-hydrogen) atoms. The smallest absolute Gasteiger partial charge is 0.338 e. The molecule has 0 radical (unpaired) electrons. The van der Waals surface area contributed by atoms with E-state index in [0.29, 0.717) is 0 Å². The minimum atomic E-state index is -0.822. The van der Waals surface area contributed by atoms with Crippen LogP contribution in [0.15, 0.2) is 42.5 Å². The molecule has 0 bridgehead atoms. The number of ether oxygens (including phenoxy) is 1. The number of hydrogen-bond donors (Lipinski definition) is 2. The van der Waals surface area contributed by atoms with Gasteiger partial charge < -0.3 is 15.8 Å². The number of rotatable bonds is 5. The molecule has 0 saturated heterocycles. The van der Waals surface area contributed by atoms with Crippen molar-refractivity contribution in [2.75, 3.05) is 12.3 Å². The molecule has 1 aliphatic carbocycles. The maximum atomic E-state index is 12.2. The molecule has 1 amide bonds. The fourth-order valence-corrected chi connectivity index (χ4v) is 3.18. The topological polar surface area (TPSA) is 125 Å². The fourth-order valence-electron chi connectivity index (χ4n) is 3.18. The maximum absolute atomic E-state index is 12.2. The molecule has 0 fully saturated rings. The van der Waals surface area contributed by atoms with Gasteiger partial charge in [-0.1, -0.05) is 24.3 Å². The molecule has 0 aliphatic heterocycles. The van der Waals surface area contributed by atoms with Gasteiger partial charge in [0.25, 0.3) is 11.6 Å². The summed E-state index contributed by atoms with van der Waals surface area (Å²) in [7, 11) is 0. The third-order valence-electron chi connectivity index (χ3n) is 4.50. The molecule has 2 aromatic rings. The number of nitrogen functional groups attached to an aromatic ring is 1. The van der Waals surface area contributed by atoms with Crippen LogP contribution < -0.4 is 11.1 Å². The highest BCUT2D eigenvalue weighted by atomic mass is 16.6. The number of nitrogens with zero attached hydrogens (tertiary/aromatic N) is 1. The Balaban J connectivity index is 1.59. The zero-order valence-electron chi connectivity index (χ0n) is 14.5. The lowest BCUT2D eigenvalue weighted by Crippen LogP contribution is -2.34. The van der Waals surface area contributed by atoms with E-state index >= 15 is 0 Å². The molecule has 8 heteroatoms. The summed E-state index contributed by atoms with van der Waals surface area (Å²) in [5, 5.41) is 13.8. The summed E-state index contributed by atoms with van der Waals surface area (Å²) in [4.78, 5) is 34.4. The van der Waals surface area contributed by atoms with Crippen LogP contribution >= 0.6 is 0 Å². The Bertz CT molecular complexity index is 897. The van der Waals surface area contributed by atoms with Crippen LogP contribution in [0, 0.1) is 10.1 Å². The number of carbonyl (C=O) groups excluding carboxylic acids is 2. The number of nitrogens with one attached hydrogen (secondary N) is 1. The number of fused-ring (bicyclic) bond motifs is 1. The highest BCUT2D eigenvalue weighted by Crippen LogP contribution is 2.29. The van der Waals surface area contributed by atoms with E-state index in [-0.39, 0.29) is 23.0 Å². The van der Waals surface area contributed by atoms with Crippen molar-refractivity contribution in [1.29, 1.82) is 0 Å². The summed E-state index contributed by atoms with van der Waals surface area (Å²) in [5.74, 6) is -1.24. The number of hydrogen-bond acceptors (Lipinski definition) is 6. The predicted octanol–water partition coefficient (Wildman–Crippen LogP) is 2.53. The van der Waals surface area contributed by atoms with Gasteiger partial charge in [-0.15, -0.1) is 0 Å². The monoisotopic (exact) mass is 369 g/mol. The first-order chi connectivity index (χ1) is 13.0. The van der Waals surface area contributed by atoms with E-state index in [9.17, 15) is 19.7 Å². The second-order valence-electron chi connectivity index (χ2n) is 6.32. The summed E-state index contributed by atoms with van der Waals surface area (Å²) in [6, 6.07) is 11.4. The summed E-state index contributed by atoms with van der Waals surface area (Å²) in [6.45, 7) is -0.463. The van der Waals surface area contributed by atoms with E-state index in [1.165, 1.54) is 17.7 Å². The SMILES string of the molecule is Nc1ccc(C(=O)OCC(=O)N[C@H]2CCCc3ccccc32)cc1[N+](=O)[O-]. The Morgan fingerprint density at radius 1 is 1.26 bits per heavy atom. The van der Waals surface area contributed by atoms with Gasteiger partial charge in [0.2, 0.25) is 0 Å². The number of nitro benzene ring substituents is 1. The Morgan fingerprint density at radius 2 is 2.04 bits per heavy atom. The van der Waals surface area contributed by atoms with Crippen molar-refractivity contribution >= 4 is 23.3 Å². The van der Waals surface area contributed by atoms with E-state index in [0.717, 1.165) is 30.9 Å². The number of esters is 1. The Morgan fingerprint density at radius 3 is 2.81 bits per heavy atom. The summed E-state index contributed by atoms with van der Waals surface area (Å²) in [5.41, 5.74) is 7.32. The lowest BCUT2D eigenvalue weighted by atomic mass is 9.88. The van der Waals surface area contributed by atoms with Crippen LogP contribution in [0.25, 0.3) is 0 Å². The molecule has 1 atom stereocenters. The molecule has 8 nitrogen and oxygen atoms in total. The van der Waals surface area contributed by atoms with E-state index in [1.807, 2.05) is 24.3 Å². The molecule has 0 unspecified atom stereocenters. The molecule has 1 aliphatic rings. The van der Waals surface area contributed by atoms with E-state index in [2.05, 4.69) is 5.32 Å². The Kier molecular flexibility index (Phi) is 5.35. The minimum Gasteiger partial charge on any atom is -0.452 e. The molecular weight excluding hydrogens is 350 g/mol. The second-order valence-corrected chi connectivity index (χ2v) is 6.32. The van der Waals surface area contributed by atoms with Crippen LogP contribution in [0.3, 0.4) is 0 Å². The summed E-state index contributed by atoms with van der Waals surface area (Å²) < 4.78 is 4.98. The molecular formula is C19H19N3O5. The van der Waals surface area contributed by atoms with Crippen molar-refractivity contribution in [3.8, 4) is 0 Å². The molecule has 0 aromatic heterocycles. The average Bonchev–Trinajstić information content (AvgIpc) is 2.66. The number of benzene rings is 2.